The average molecular weight is 425 g/mol. The molecule has 0 aliphatic carbocycles. The van der Waals surface area contributed by atoms with Crippen LogP contribution in [0.3, 0.4) is 0 Å². The molecule has 2 heterocycles. The summed E-state index contributed by atoms with van der Waals surface area (Å²) in [5.74, 6) is 0.141. The van der Waals surface area contributed by atoms with E-state index in [1.807, 2.05) is 79.4 Å². The molecule has 0 spiro atoms. The minimum absolute atomic E-state index is 0.291. The van der Waals surface area contributed by atoms with E-state index in [9.17, 15) is 9.59 Å². The Balaban J connectivity index is 1.65. The first-order valence-electron chi connectivity index (χ1n) is 10.9. The van der Waals surface area contributed by atoms with Crippen molar-refractivity contribution in [3.05, 3.63) is 95.2 Å². The van der Waals surface area contributed by atoms with Crippen LogP contribution in [0.5, 0.6) is 5.75 Å². The van der Waals surface area contributed by atoms with Gasteiger partial charge >= 0.3 is 0 Å². The molecule has 32 heavy (non-hydrogen) atoms. The van der Waals surface area contributed by atoms with Crippen molar-refractivity contribution < 1.29 is 14.3 Å². The van der Waals surface area contributed by atoms with E-state index in [-0.39, 0.29) is 11.8 Å². The van der Waals surface area contributed by atoms with Gasteiger partial charge in [-0.1, -0.05) is 42.5 Å². The molecule has 0 fully saturated rings. The second-order valence-corrected chi connectivity index (χ2v) is 8.00. The van der Waals surface area contributed by atoms with Crippen LogP contribution < -0.4 is 14.5 Å². The summed E-state index contributed by atoms with van der Waals surface area (Å²) in [6, 6.07) is 22.9. The van der Waals surface area contributed by atoms with Crippen LogP contribution in [-0.4, -0.2) is 25.0 Å². The second kappa shape index (κ2) is 8.00. The molecule has 0 atom stereocenters. The lowest BCUT2D eigenvalue weighted by Crippen LogP contribution is -2.34. The number of carbonyl (C=O) groups excluding carboxylic acids is 2. The second-order valence-electron chi connectivity index (χ2n) is 8.00. The van der Waals surface area contributed by atoms with E-state index in [0.29, 0.717) is 35.7 Å². The molecule has 3 aromatic carbocycles. The zero-order chi connectivity index (χ0) is 22.2. The monoisotopic (exact) mass is 424 g/mol. The summed E-state index contributed by atoms with van der Waals surface area (Å²) in [5.41, 5.74) is 5.32. The van der Waals surface area contributed by atoms with Crippen LogP contribution in [0.25, 0.3) is 5.57 Å². The molecule has 2 aliphatic heterocycles. The summed E-state index contributed by atoms with van der Waals surface area (Å²) >= 11 is 0. The SMILES string of the molecule is CCOc1ccc(C2=C(N3CCc4ccccc43)C(=O)N(c3cccc(C)c3)C2=O)cc1. The molecule has 0 saturated heterocycles. The molecule has 0 saturated carbocycles. The lowest BCUT2D eigenvalue weighted by Gasteiger charge is -2.22. The summed E-state index contributed by atoms with van der Waals surface area (Å²) in [6.07, 6.45) is 0.835. The van der Waals surface area contributed by atoms with E-state index in [2.05, 4.69) is 6.07 Å². The zero-order valence-corrected chi connectivity index (χ0v) is 18.2. The van der Waals surface area contributed by atoms with Gasteiger partial charge in [0.2, 0.25) is 0 Å². The van der Waals surface area contributed by atoms with Crippen molar-refractivity contribution in [1.29, 1.82) is 0 Å². The number of amides is 2. The summed E-state index contributed by atoms with van der Waals surface area (Å²) in [7, 11) is 0. The molecular formula is C27H24N2O3. The molecule has 5 nitrogen and oxygen atoms in total. The standard InChI is InChI=1S/C27H24N2O3/c1-3-32-22-13-11-20(12-14-22)24-25(28-16-15-19-8-4-5-10-23(19)28)27(31)29(26(24)30)21-9-6-7-18(2)17-21/h4-14,17H,3,15-16H2,1-2H3. The van der Waals surface area contributed by atoms with Gasteiger partial charge in [-0.05, 0) is 67.3 Å². The lowest BCUT2D eigenvalue weighted by atomic mass is 10.0. The molecule has 160 valence electrons. The van der Waals surface area contributed by atoms with E-state index < -0.39 is 0 Å². The largest absolute Gasteiger partial charge is 0.494 e. The first-order chi connectivity index (χ1) is 15.6. The number of anilines is 2. The number of fused-ring (bicyclic) bond motifs is 1. The van der Waals surface area contributed by atoms with Gasteiger partial charge in [0.1, 0.15) is 11.4 Å². The number of rotatable bonds is 5. The van der Waals surface area contributed by atoms with Gasteiger partial charge in [-0.3, -0.25) is 9.59 Å². The first kappa shape index (κ1) is 20.1. The number of benzene rings is 3. The van der Waals surface area contributed by atoms with Gasteiger partial charge in [-0.25, -0.2) is 4.90 Å². The molecule has 3 aromatic rings. The van der Waals surface area contributed by atoms with E-state index in [1.165, 1.54) is 10.5 Å². The maximum absolute atomic E-state index is 13.8. The lowest BCUT2D eigenvalue weighted by molar-refractivity contribution is -0.120. The van der Waals surface area contributed by atoms with Gasteiger partial charge in [0.05, 0.1) is 17.9 Å². The molecule has 5 rings (SSSR count). The molecular weight excluding hydrogens is 400 g/mol. The number of ether oxygens (including phenoxy) is 1. The topological polar surface area (TPSA) is 49.9 Å². The highest BCUT2D eigenvalue weighted by Gasteiger charge is 2.44. The van der Waals surface area contributed by atoms with Crippen LogP contribution >= 0.6 is 0 Å². The quantitative estimate of drug-likeness (QED) is 0.555. The van der Waals surface area contributed by atoms with E-state index in [4.69, 9.17) is 4.74 Å². The van der Waals surface area contributed by atoms with Gasteiger partial charge in [-0.2, -0.15) is 0 Å². The van der Waals surface area contributed by atoms with Gasteiger partial charge in [-0.15, -0.1) is 0 Å². The predicted molar refractivity (Wildman–Crippen MR) is 126 cm³/mol. The summed E-state index contributed by atoms with van der Waals surface area (Å²) < 4.78 is 5.56. The number of hydrogen-bond donors (Lipinski definition) is 0. The molecule has 2 amide bonds. The Morgan fingerprint density at radius 2 is 1.69 bits per heavy atom. The minimum Gasteiger partial charge on any atom is -0.494 e. The number of para-hydroxylation sites is 1. The first-order valence-corrected chi connectivity index (χ1v) is 10.9. The summed E-state index contributed by atoms with van der Waals surface area (Å²) in [5, 5.41) is 0. The van der Waals surface area contributed by atoms with Crippen molar-refractivity contribution in [2.45, 2.75) is 20.3 Å². The average Bonchev–Trinajstić information content (AvgIpc) is 3.32. The summed E-state index contributed by atoms with van der Waals surface area (Å²) in [4.78, 5) is 30.8. The Bertz CT molecular complexity index is 1240. The van der Waals surface area contributed by atoms with Gasteiger partial charge < -0.3 is 9.64 Å². The van der Waals surface area contributed by atoms with Crippen LogP contribution in [0.4, 0.5) is 11.4 Å². The smallest absolute Gasteiger partial charge is 0.282 e. The van der Waals surface area contributed by atoms with Gasteiger partial charge in [0.15, 0.2) is 0 Å². The molecule has 0 unspecified atom stereocenters. The Labute approximate surface area is 187 Å². The highest BCUT2D eigenvalue weighted by atomic mass is 16.5. The van der Waals surface area contributed by atoms with Crippen LogP contribution in [0.15, 0.2) is 78.5 Å². The maximum atomic E-state index is 13.8. The van der Waals surface area contributed by atoms with Crippen molar-refractivity contribution in [3.63, 3.8) is 0 Å². The number of imide groups is 1. The predicted octanol–water partition coefficient (Wildman–Crippen LogP) is 4.74. The molecule has 0 aromatic heterocycles. The third kappa shape index (κ3) is 3.26. The van der Waals surface area contributed by atoms with E-state index in [1.54, 1.807) is 6.07 Å². The molecule has 0 bridgehead atoms. The van der Waals surface area contributed by atoms with Crippen LogP contribution in [-0.2, 0) is 16.0 Å². The molecule has 0 radical (unpaired) electrons. The highest BCUT2D eigenvalue weighted by molar-refractivity contribution is 6.46. The van der Waals surface area contributed by atoms with Crippen molar-refractivity contribution in [3.8, 4) is 5.75 Å². The van der Waals surface area contributed by atoms with Gasteiger partial charge in [0.25, 0.3) is 11.8 Å². The molecule has 0 N–H and O–H groups in total. The van der Waals surface area contributed by atoms with Gasteiger partial charge in [0, 0.05) is 12.2 Å². The fraction of sp³-hybridized carbons (Fsp3) is 0.185. The van der Waals surface area contributed by atoms with Crippen molar-refractivity contribution in [1.82, 2.24) is 0 Å². The number of aryl methyl sites for hydroxylation is 1. The highest BCUT2D eigenvalue weighted by Crippen LogP contribution is 2.40. The maximum Gasteiger partial charge on any atom is 0.282 e. The van der Waals surface area contributed by atoms with E-state index >= 15 is 0 Å². The molecule has 5 heteroatoms. The Kier molecular flexibility index (Phi) is 5.02. The Hall–Kier alpha value is -3.86. The van der Waals surface area contributed by atoms with E-state index in [0.717, 1.165) is 23.4 Å². The third-order valence-electron chi connectivity index (χ3n) is 5.93. The zero-order valence-electron chi connectivity index (χ0n) is 18.2. The van der Waals surface area contributed by atoms with Crippen molar-refractivity contribution in [2.75, 3.05) is 23.0 Å². The number of hydrogen-bond acceptors (Lipinski definition) is 4. The third-order valence-corrected chi connectivity index (χ3v) is 5.93. The van der Waals surface area contributed by atoms with Crippen molar-refractivity contribution >= 4 is 28.8 Å². The fourth-order valence-corrected chi connectivity index (χ4v) is 4.49. The van der Waals surface area contributed by atoms with Crippen molar-refractivity contribution in [2.24, 2.45) is 0 Å². The van der Waals surface area contributed by atoms with Crippen LogP contribution in [0, 0.1) is 6.92 Å². The van der Waals surface area contributed by atoms with Crippen LogP contribution in [0.2, 0.25) is 0 Å². The molecule has 2 aliphatic rings. The number of nitrogens with zero attached hydrogens (tertiary/aromatic N) is 2. The fourth-order valence-electron chi connectivity index (χ4n) is 4.49. The Morgan fingerprint density at radius 3 is 2.44 bits per heavy atom. The minimum atomic E-state index is -0.302. The normalized spacial score (nSPS) is 15.6. The number of carbonyl (C=O) groups is 2. The van der Waals surface area contributed by atoms with Crippen LogP contribution in [0.1, 0.15) is 23.6 Å². The summed E-state index contributed by atoms with van der Waals surface area (Å²) in [6.45, 7) is 5.11. The Morgan fingerprint density at radius 1 is 0.906 bits per heavy atom.